The third kappa shape index (κ3) is 3.04. The molecular formula is C19H26N2. The van der Waals surface area contributed by atoms with Crippen molar-refractivity contribution in [3.63, 3.8) is 0 Å². The van der Waals surface area contributed by atoms with Crippen molar-refractivity contribution >= 4 is 16.6 Å². The van der Waals surface area contributed by atoms with E-state index in [2.05, 4.69) is 43.4 Å². The molecule has 3 rings (SSSR count). The van der Waals surface area contributed by atoms with Crippen LogP contribution in [0.2, 0.25) is 0 Å². The molecule has 0 unspecified atom stereocenters. The Morgan fingerprint density at radius 1 is 1.14 bits per heavy atom. The van der Waals surface area contributed by atoms with Gasteiger partial charge in [0.25, 0.3) is 0 Å². The first-order valence-corrected chi connectivity index (χ1v) is 8.49. The van der Waals surface area contributed by atoms with E-state index < -0.39 is 0 Å². The van der Waals surface area contributed by atoms with Gasteiger partial charge in [-0.15, -0.1) is 0 Å². The van der Waals surface area contributed by atoms with Crippen molar-refractivity contribution in [3.05, 3.63) is 35.5 Å². The van der Waals surface area contributed by atoms with Crippen LogP contribution >= 0.6 is 0 Å². The lowest BCUT2D eigenvalue weighted by Crippen LogP contribution is -2.04. The second kappa shape index (κ2) is 6.46. The number of benzene rings is 1. The first-order chi connectivity index (χ1) is 10.3. The van der Waals surface area contributed by atoms with Crippen LogP contribution in [0, 0.1) is 0 Å². The Morgan fingerprint density at radius 3 is 2.67 bits per heavy atom. The van der Waals surface area contributed by atoms with Crippen LogP contribution in [-0.4, -0.2) is 11.5 Å². The second-order valence-corrected chi connectivity index (χ2v) is 6.21. The summed E-state index contributed by atoms with van der Waals surface area (Å²) >= 11 is 0. The minimum absolute atomic E-state index is 0.669. The van der Waals surface area contributed by atoms with Gasteiger partial charge in [0.2, 0.25) is 0 Å². The SMILES string of the molecule is CCCNc1cc(C2CCCC2)nc2ccc(CC)cc12. The van der Waals surface area contributed by atoms with E-state index in [-0.39, 0.29) is 0 Å². The first-order valence-electron chi connectivity index (χ1n) is 8.49. The molecule has 112 valence electrons. The predicted molar refractivity (Wildman–Crippen MR) is 91.1 cm³/mol. The molecule has 0 aliphatic heterocycles. The summed E-state index contributed by atoms with van der Waals surface area (Å²) < 4.78 is 0. The second-order valence-electron chi connectivity index (χ2n) is 6.21. The van der Waals surface area contributed by atoms with Crippen molar-refractivity contribution in [2.45, 2.75) is 58.3 Å². The van der Waals surface area contributed by atoms with Crippen molar-refractivity contribution in [2.24, 2.45) is 0 Å². The van der Waals surface area contributed by atoms with E-state index in [0.717, 1.165) is 24.9 Å². The maximum atomic E-state index is 4.96. The summed E-state index contributed by atoms with van der Waals surface area (Å²) in [6.07, 6.45) is 7.55. The lowest BCUT2D eigenvalue weighted by molar-refractivity contribution is 0.701. The molecule has 1 aromatic heterocycles. The summed E-state index contributed by atoms with van der Waals surface area (Å²) in [5, 5.41) is 4.89. The molecule has 0 amide bonds. The average molecular weight is 282 g/mol. The molecule has 1 aliphatic carbocycles. The molecule has 2 heteroatoms. The number of aryl methyl sites for hydroxylation is 1. The first kappa shape index (κ1) is 14.4. The maximum absolute atomic E-state index is 4.96. The molecular weight excluding hydrogens is 256 g/mol. The van der Waals surface area contributed by atoms with Gasteiger partial charge in [0.15, 0.2) is 0 Å². The van der Waals surface area contributed by atoms with Crippen LogP contribution in [0.4, 0.5) is 5.69 Å². The van der Waals surface area contributed by atoms with Crippen molar-refractivity contribution in [1.82, 2.24) is 4.98 Å². The molecule has 1 fully saturated rings. The lowest BCUT2D eigenvalue weighted by atomic mass is 10.00. The molecule has 1 saturated carbocycles. The van der Waals surface area contributed by atoms with Crippen LogP contribution in [0.15, 0.2) is 24.3 Å². The molecule has 0 atom stereocenters. The molecule has 0 saturated heterocycles. The van der Waals surface area contributed by atoms with Crippen molar-refractivity contribution in [3.8, 4) is 0 Å². The summed E-state index contributed by atoms with van der Waals surface area (Å²) in [6.45, 7) is 5.45. The van der Waals surface area contributed by atoms with Gasteiger partial charge in [-0.3, -0.25) is 4.98 Å². The monoisotopic (exact) mass is 282 g/mol. The van der Waals surface area contributed by atoms with Gasteiger partial charge in [-0.1, -0.05) is 32.8 Å². The zero-order chi connectivity index (χ0) is 14.7. The summed E-state index contributed by atoms with van der Waals surface area (Å²) in [5.74, 6) is 0.669. The standard InChI is InChI=1S/C19H26N2/c1-3-11-20-19-13-18(15-7-5-6-8-15)21-17-10-9-14(4-2)12-16(17)19/h9-10,12-13,15H,3-8,11H2,1-2H3,(H,20,21). The van der Waals surface area contributed by atoms with Gasteiger partial charge in [-0.2, -0.15) is 0 Å². The molecule has 0 bridgehead atoms. The van der Waals surface area contributed by atoms with Crippen LogP contribution in [-0.2, 0) is 6.42 Å². The fourth-order valence-corrected chi connectivity index (χ4v) is 3.35. The maximum Gasteiger partial charge on any atom is 0.0726 e. The zero-order valence-electron chi connectivity index (χ0n) is 13.3. The summed E-state index contributed by atoms with van der Waals surface area (Å²) in [6, 6.07) is 9.04. The van der Waals surface area contributed by atoms with Crippen molar-refractivity contribution in [2.75, 3.05) is 11.9 Å². The number of nitrogens with zero attached hydrogens (tertiary/aromatic N) is 1. The highest BCUT2D eigenvalue weighted by atomic mass is 14.9. The predicted octanol–water partition coefficient (Wildman–Crippen LogP) is 5.28. The zero-order valence-corrected chi connectivity index (χ0v) is 13.3. The Labute approximate surface area is 128 Å². The quantitative estimate of drug-likeness (QED) is 0.807. The van der Waals surface area contributed by atoms with Gasteiger partial charge in [-0.25, -0.2) is 0 Å². The van der Waals surface area contributed by atoms with Crippen LogP contribution in [0.25, 0.3) is 10.9 Å². The third-order valence-electron chi connectivity index (χ3n) is 4.64. The Balaban J connectivity index is 2.06. The minimum atomic E-state index is 0.669. The van der Waals surface area contributed by atoms with Gasteiger partial charge >= 0.3 is 0 Å². The average Bonchev–Trinajstić information content (AvgIpc) is 3.06. The fraction of sp³-hybridized carbons (Fsp3) is 0.526. The molecule has 2 nitrogen and oxygen atoms in total. The molecule has 2 aromatic rings. The van der Waals surface area contributed by atoms with E-state index in [9.17, 15) is 0 Å². The fourth-order valence-electron chi connectivity index (χ4n) is 3.35. The molecule has 0 radical (unpaired) electrons. The Kier molecular flexibility index (Phi) is 4.42. The van der Waals surface area contributed by atoms with E-state index in [1.165, 1.54) is 48.0 Å². The minimum Gasteiger partial charge on any atom is -0.384 e. The van der Waals surface area contributed by atoms with E-state index in [0.29, 0.717) is 5.92 Å². The van der Waals surface area contributed by atoms with Crippen LogP contribution in [0.3, 0.4) is 0 Å². The lowest BCUT2D eigenvalue weighted by Gasteiger charge is -2.15. The molecule has 1 aromatic carbocycles. The molecule has 21 heavy (non-hydrogen) atoms. The third-order valence-corrected chi connectivity index (χ3v) is 4.64. The number of anilines is 1. The number of hydrogen-bond acceptors (Lipinski definition) is 2. The Bertz CT molecular complexity index is 612. The topological polar surface area (TPSA) is 24.9 Å². The highest BCUT2D eigenvalue weighted by molar-refractivity contribution is 5.92. The van der Waals surface area contributed by atoms with E-state index in [1.807, 2.05) is 0 Å². The van der Waals surface area contributed by atoms with E-state index >= 15 is 0 Å². The summed E-state index contributed by atoms with van der Waals surface area (Å²) in [5.41, 5.74) is 5.11. The normalized spacial score (nSPS) is 15.7. The van der Waals surface area contributed by atoms with Gasteiger partial charge in [0.05, 0.1) is 5.52 Å². The smallest absolute Gasteiger partial charge is 0.0726 e. The highest BCUT2D eigenvalue weighted by Crippen LogP contribution is 2.36. The number of nitrogens with one attached hydrogen (secondary N) is 1. The number of fused-ring (bicyclic) bond motifs is 1. The van der Waals surface area contributed by atoms with Gasteiger partial charge < -0.3 is 5.32 Å². The van der Waals surface area contributed by atoms with E-state index in [4.69, 9.17) is 4.98 Å². The number of hydrogen-bond donors (Lipinski definition) is 1. The van der Waals surface area contributed by atoms with Crippen LogP contribution in [0.5, 0.6) is 0 Å². The van der Waals surface area contributed by atoms with Gasteiger partial charge in [0, 0.05) is 29.2 Å². The highest BCUT2D eigenvalue weighted by Gasteiger charge is 2.19. The van der Waals surface area contributed by atoms with Crippen molar-refractivity contribution in [1.29, 1.82) is 0 Å². The summed E-state index contributed by atoms with van der Waals surface area (Å²) in [7, 11) is 0. The van der Waals surface area contributed by atoms with E-state index in [1.54, 1.807) is 0 Å². The number of pyridine rings is 1. The van der Waals surface area contributed by atoms with Gasteiger partial charge in [0.1, 0.15) is 0 Å². The van der Waals surface area contributed by atoms with Crippen LogP contribution in [0.1, 0.15) is 63.1 Å². The van der Waals surface area contributed by atoms with Crippen molar-refractivity contribution < 1.29 is 0 Å². The molecule has 0 spiro atoms. The number of aromatic nitrogens is 1. The van der Waals surface area contributed by atoms with Crippen LogP contribution < -0.4 is 5.32 Å². The Morgan fingerprint density at radius 2 is 1.95 bits per heavy atom. The van der Waals surface area contributed by atoms with Gasteiger partial charge in [-0.05, 0) is 49.4 Å². The Hall–Kier alpha value is -1.57. The largest absolute Gasteiger partial charge is 0.384 e. The summed E-state index contributed by atoms with van der Waals surface area (Å²) in [4.78, 5) is 4.96. The number of rotatable bonds is 5. The molecule has 1 aliphatic rings. The molecule has 1 heterocycles. The molecule has 1 N–H and O–H groups in total.